The molecule has 1 N–H and O–H groups in total. The SMILES string of the molecule is CCCN(CCC)c1cc(=O)[nH]c(C)n1. The Balaban J connectivity index is 2.93. The van der Waals surface area contributed by atoms with Gasteiger partial charge in [0, 0.05) is 19.2 Å². The molecule has 1 heterocycles. The van der Waals surface area contributed by atoms with Gasteiger partial charge >= 0.3 is 0 Å². The van der Waals surface area contributed by atoms with Gasteiger partial charge in [-0.05, 0) is 19.8 Å². The molecule has 1 aromatic rings. The molecule has 0 spiro atoms. The number of hydrogen-bond acceptors (Lipinski definition) is 3. The summed E-state index contributed by atoms with van der Waals surface area (Å²) in [5, 5.41) is 0. The second kappa shape index (κ2) is 5.53. The van der Waals surface area contributed by atoms with Crippen molar-refractivity contribution < 1.29 is 0 Å². The largest absolute Gasteiger partial charge is 0.356 e. The highest BCUT2D eigenvalue weighted by molar-refractivity contribution is 5.37. The maximum Gasteiger partial charge on any atom is 0.252 e. The Bertz CT molecular complexity index is 353. The van der Waals surface area contributed by atoms with E-state index >= 15 is 0 Å². The van der Waals surface area contributed by atoms with E-state index < -0.39 is 0 Å². The molecule has 0 aliphatic carbocycles. The van der Waals surface area contributed by atoms with Crippen LogP contribution in [-0.2, 0) is 0 Å². The van der Waals surface area contributed by atoms with E-state index in [1.807, 2.05) is 0 Å². The average Bonchev–Trinajstić information content (AvgIpc) is 2.16. The molecule has 84 valence electrons. The van der Waals surface area contributed by atoms with Crippen molar-refractivity contribution in [1.82, 2.24) is 9.97 Å². The van der Waals surface area contributed by atoms with Crippen LogP contribution in [0.4, 0.5) is 5.82 Å². The van der Waals surface area contributed by atoms with Crippen LogP contribution in [0.5, 0.6) is 0 Å². The number of aromatic amines is 1. The van der Waals surface area contributed by atoms with Crippen LogP contribution in [0.15, 0.2) is 10.9 Å². The first-order valence-electron chi connectivity index (χ1n) is 5.50. The number of anilines is 1. The second-order valence-electron chi connectivity index (χ2n) is 3.68. The lowest BCUT2D eigenvalue weighted by atomic mass is 10.3. The van der Waals surface area contributed by atoms with Crippen molar-refractivity contribution in [2.24, 2.45) is 0 Å². The molecule has 0 unspecified atom stereocenters. The first kappa shape index (κ1) is 11.8. The summed E-state index contributed by atoms with van der Waals surface area (Å²) in [6.07, 6.45) is 2.13. The van der Waals surface area contributed by atoms with E-state index in [1.54, 1.807) is 13.0 Å². The Morgan fingerprint density at radius 2 is 1.93 bits per heavy atom. The molecule has 1 rings (SSSR count). The van der Waals surface area contributed by atoms with Crippen LogP contribution in [0, 0.1) is 6.92 Å². The number of aryl methyl sites for hydroxylation is 1. The molecule has 0 aliphatic rings. The Hall–Kier alpha value is -1.32. The van der Waals surface area contributed by atoms with Gasteiger partial charge in [-0.1, -0.05) is 13.8 Å². The van der Waals surface area contributed by atoms with Crippen LogP contribution in [0.1, 0.15) is 32.5 Å². The molecule has 1 aromatic heterocycles. The van der Waals surface area contributed by atoms with Crippen molar-refractivity contribution >= 4 is 5.82 Å². The minimum Gasteiger partial charge on any atom is -0.356 e. The van der Waals surface area contributed by atoms with Crippen molar-refractivity contribution in [2.45, 2.75) is 33.6 Å². The van der Waals surface area contributed by atoms with Crippen LogP contribution in [-0.4, -0.2) is 23.1 Å². The highest BCUT2D eigenvalue weighted by atomic mass is 16.1. The summed E-state index contributed by atoms with van der Waals surface area (Å²) in [7, 11) is 0. The minimum atomic E-state index is -0.0743. The predicted octanol–water partition coefficient (Wildman–Crippen LogP) is 1.70. The predicted molar refractivity (Wildman–Crippen MR) is 62.4 cm³/mol. The van der Waals surface area contributed by atoms with Crippen molar-refractivity contribution in [3.63, 3.8) is 0 Å². The first-order chi connectivity index (χ1) is 7.17. The third-order valence-electron chi connectivity index (χ3n) is 2.16. The third kappa shape index (κ3) is 3.38. The second-order valence-corrected chi connectivity index (χ2v) is 3.68. The van der Waals surface area contributed by atoms with Gasteiger partial charge in [-0.2, -0.15) is 0 Å². The highest BCUT2D eigenvalue weighted by Gasteiger charge is 2.06. The fraction of sp³-hybridized carbons (Fsp3) is 0.636. The van der Waals surface area contributed by atoms with Crippen LogP contribution < -0.4 is 10.5 Å². The summed E-state index contributed by atoms with van der Waals surface area (Å²) < 4.78 is 0. The fourth-order valence-corrected chi connectivity index (χ4v) is 1.61. The summed E-state index contributed by atoms with van der Waals surface area (Å²) in [5.74, 6) is 1.47. The topological polar surface area (TPSA) is 49.0 Å². The molecule has 0 bridgehead atoms. The minimum absolute atomic E-state index is 0.0743. The lowest BCUT2D eigenvalue weighted by molar-refractivity contribution is 0.729. The number of aromatic nitrogens is 2. The van der Waals surface area contributed by atoms with Crippen LogP contribution in [0.3, 0.4) is 0 Å². The Morgan fingerprint density at radius 3 is 2.40 bits per heavy atom. The lowest BCUT2D eigenvalue weighted by Crippen LogP contribution is -2.27. The number of rotatable bonds is 5. The lowest BCUT2D eigenvalue weighted by Gasteiger charge is -2.22. The van der Waals surface area contributed by atoms with Gasteiger partial charge in [0.1, 0.15) is 11.6 Å². The maximum absolute atomic E-state index is 11.3. The van der Waals surface area contributed by atoms with Gasteiger partial charge in [0.05, 0.1) is 0 Å². The number of H-pyrrole nitrogens is 1. The van der Waals surface area contributed by atoms with Gasteiger partial charge in [-0.3, -0.25) is 4.79 Å². The van der Waals surface area contributed by atoms with E-state index in [-0.39, 0.29) is 5.56 Å². The van der Waals surface area contributed by atoms with E-state index in [2.05, 4.69) is 28.7 Å². The number of nitrogens with zero attached hydrogens (tertiary/aromatic N) is 2. The quantitative estimate of drug-likeness (QED) is 0.803. The van der Waals surface area contributed by atoms with E-state index in [4.69, 9.17) is 0 Å². The zero-order valence-corrected chi connectivity index (χ0v) is 9.71. The van der Waals surface area contributed by atoms with E-state index in [9.17, 15) is 4.79 Å². The third-order valence-corrected chi connectivity index (χ3v) is 2.16. The molecule has 15 heavy (non-hydrogen) atoms. The molecule has 4 heteroatoms. The Kier molecular flexibility index (Phi) is 4.34. The monoisotopic (exact) mass is 209 g/mol. The summed E-state index contributed by atoms with van der Waals surface area (Å²) in [4.78, 5) is 20.5. The van der Waals surface area contributed by atoms with Gasteiger partial charge in [-0.15, -0.1) is 0 Å². The number of nitrogens with one attached hydrogen (secondary N) is 1. The van der Waals surface area contributed by atoms with Gasteiger partial charge in [-0.25, -0.2) is 4.98 Å². The van der Waals surface area contributed by atoms with E-state index in [1.165, 1.54) is 0 Å². The van der Waals surface area contributed by atoms with E-state index in [0.717, 1.165) is 31.7 Å². The number of hydrogen-bond donors (Lipinski definition) is 1. The Labute approximate surface area is 90.3 Å². The van der Waals surface area contributed by atoms with Crippen LogP contribution in [0.25, 0.3) is 0 Å². The molecule has 0 atom stereocenters. The fourth-order valence-electron chi connectivity index (χ4n) is 1.61. The summed E-state index contributed by atoms with van der Waals surface area (Å²) >= 11 is 0. The van der Waals surface area contributed by atoms with Gasteiger partial charge in [0.15, 0.2) is 0 Å². The summed E-state index contributed by atoms with van der Waals surface area (Å²) in [5.41, 5.74) is -0.0743. The molecular formula is C11H19N3O. The smallest absolute Gasteiger partial charge is 0.252 e. The normalized spacial score (nSPS) is 10.3. The van der Waals surface area contributed by atoms with E-state index in [0.29, 0.717) is 5.82 Å². The van der Waals surface area contributed by atoms with Crippen molar-refractivity contribution in [3.05, 3.63) is 22.2 Å². The van der Waals surface area contributed by atoms with Crippen molar-refractivity contribution in [1.29, 1.82) is 0 Å². The molecular weight excluding hydrogens is 190 g/mol. The molecule has 0 amide bonds. The zero-order valence-electron chi connectivity index (χ0n) is 9.71. The van der Waals surface area contributed by atoms with Crippen LogP contribution in [0.2, 0.25) is 0 Å². The first-order valence-corrected chi connectivity index (χ1v) is 5.50. The van der Waals surface area contributed by atoms with Gasteiger partial charge < -0.3 is 9.88 Å². The molecule has 0 fully saturated rings. The van der Waals surface area contributed by atoms with Crippen LogP contribution >= 0.6 is 0 Å². The molecule has 4 nitrogen and oxygen atoms in total. The standard InChI is InChI=1S/C11H19N3O/c1-4-6-14(7-5-2)10-8-11(15)13-9(3)12-10/h8H,4-7H2,1-3H3,(H,12,13,15). The average molecular weight is 209 g/mol. The zero-order chi connectivity index (χ0) is 11.3. The van der Waals surface area contributed by atoms with Gasteiger partial charge in [0.2, 0.25) is 0 Å². The molecule has 0 saturated carbocycles. The molecule has 0 saturated heterocycles. The molecule has 0 aromatic carbocycles. The van der Waals surface area contributed by atoms with Crippen molar-refractivity contribution in [3.8, 4) is 0 Å². The highest BCUT2D eigenvalue weighted by Crippen LogP contribution is 2.08. The van der Waals surface area contributed by atoms with Gasteiger partial charge in [0.25, 0.3) is 5.56 Å². The Morgan fingerprint density at radius 1 is 1.33 bits per heavy atom. The molecule has 0 radical (unpaired) electrons. The summed E-state index contributed by atoms with van der Waals surface area (Å²) in [6, 6.07) is 1.57. The molecule has 0 aliphatic heterocycles. The summed E-state index contributed by atoms with van der Waals surface area (Å²) in [6.45, 7) is 7.96. The maximum atomic E-state index is 11.3. The van der Waals surface area contributed by atoms with Crippen molar-refractivity contribution in [2.75, 3.05) is 18.0 Å².